The van der Waals surface area contributed by atoms with Crippen molar-refractivity contribution < 1.29 is 0 Å². The van der Waals surface area contributed by atoms with Gasteiger partial charge in [-0.1, -0.05) is 96.5 Å². The summed E-state index contributed by atoms with van der Waals surface area (Å²) < 4.78 is 0. The predicted octanol–water partition coefficient (Wildman–Crippen LogP) is 9.27. The molecule has 2 aliphatic rings. The van der Waals surface area contributed by atoms with Gasteiger partial charge in [-0.15, -0.1) is 0 Å². The zero-order chi connectivity index (χ0) is 25.1. The molecule has 2 aromatic rings. The quantitative estimate of drug-likeness (QED) is 0.389. The third-order valence-electron chi connectivity index (χ3n) is 8.83. The summed E-state index contributed by atoms with van der Waals surface area (Å²) in [5.74, 6) is 1.62. The predicted molar refractivity (Wildman–Crippen MR) is 153 cm³/mol. The van der Waals surface area contributed by atoms with E-state index in [-0.39, 0.29) is 0 Å². The maximum atomic E-state index is 4.59. The van der Waals surface area contributed by atoms with Crippen molar-refractivity contribution in [3.63, 3.8) is 0 Å². The number of aryl methyl sites for hydroxylation is 1. The summed E-state index contributed by atoms with van der Waals surface area (Å²) in [4.78, 5) is 2.59. The standard InChI is InChI=1S/C34H49N/c1-7-12-27-21-32(29-13-10-9-11-14-29)25-34(23-27)17-19-35(20-18-34)26(3)30-15-16-31(24-33(4,5)6)28(8-2)22-30/h9-11,13-16,22,27,32H,3,7-8,12,17-21,23-25H2,1-2,4-6H3. The van der Waals surface area contributed by atoms with Crippen molar-refractivity contribution in [2.45, 2.75) is 98.3 Å². The highest BCUT2D eigenvalue weighted by molar-refractivity contribution is 5.63. The van der Waals surface area contributed by atoms with Gasteiger partial charge in [0.2, 0.25) is 0 Å². The molecule has 1 aliphatic heterocycles. The maximum absolute atomic E-state index is 4.59. The van der Waals surface area contributed by atoms with E-state index in [9.17, 15) is 0 Å². The Morgan fingerprint density at radius 3 is 2.31 bits per heavy atom. The van der Waals surface area contributed by atoms with Gasteiger partial charge in [0.1, 0.15) is 0 Å². The van der Waals surface area contributed by atoms with Gasteiger partial charge >= 0.3 is 0 Å². The molecule has 4 rings (SSSR count). The SMILES string of the molecule is C=C(c1ccc(CC(C)(C)C)c(CC)c1)N1CCC2(CC1)CC(CCC)CC(c1ccccc1)C2. The van der Waals surface area contributed by atoms with E-state index in [1.165, 1.54) is 67.3 Å². The van der Waals surface area contributed by atoms with Gasteiger partial charge in [-0.25, -0.2) is 0 Å². The molecule has 190 valence electrons. The first-order valence-electron chi connectivity index (χ1n) is 14.3. The highest BCUT2D eigenvalue weighted by Crippen LogP contribution is 2.53. The molecule has 0 aromatic heterocycles. The van der Waals surface area contributed by atoms with Gasteiger partial charge in [-0.2, -0.15) is 0 Å². The van der Waals surface area contributed by atoms with Gasteiger partial charge < -0.3 is 4.90 Å². The van der Waals surface area contributed by atoms with Crippen LogP contribution in [0.4, 0.5) is 0 Å². The second-order valence-corrected chi connectivity index (χ2v) is 12.9. The van der Waals surface area contributed by atoms with Gasteiger partial charge in [-0.05, 0) is 95.9 Å². The molecular formula is C34H49N. The number of likely N-dealkylation sites (tertiary alicyclic amines) is 1. The van der Waals surface area contributed by atoms with Gasteiger partial charge in [0.15, 0.2) is 0 Å². The van der Waals surface area contributed by atoms with Crippen LogP contribution in [-0.2, 0) is 12.8 Å². The largest absolute Gasteiger partial charge is 0.371 e. The molecule has 1 heterocycles. The Bertz CT molecular complexity index is 971. The molecule has 2 aromatic carbocycles. The van der Waals surface area contributed by atoms with Gasteiger partial charge in [0.25, 0.3) is 0 Å². The van der Waals surface area contributed by atoms with E-state index in [2.05, 4.69) is 94.6 Å². The normalized spacial score (nSPS) is 22.4. The highest BCUT2D eigenvalue weighted by Gasteiger charge is 2.42. The molecule has 0 radical (unpaired) electrons. The van der Waals surface area contributed by atoms with Crippen LogP contribution < -0.4 is 0 Å². The van der Waals surface area contributed by atoms with Crippen LogP contribution in [0.3, 0.4) is 0 Å². The number of hydrogen-bond acceptors (Lipinski definition) is 1. The van der Waals surface area contributed by atoms with E-state index < -0.39 is 0 Å². The second-order valence-electron chi connectivity index (χ2n) is 12.9. The molecular weight excluding hydrogens is 422 g/mol. The molecule has 2 atom stereocenters. The van der Waals surface area contributed by atoms with Gasteiger partial charge in [0, 0.05) is 18.8 Å². The first-order chi connectivity index (χ1) is 16.7. The van der Waals surface area contributed by atoms with Crippen LogP contribution in [0.1, 0.15) is 108 Å². The zero-order valence-electron chi connectivity index (χ0n) is 23.2. The maximum Gasteiger partial charge on any atom is 0.0366 e. The van der Waals surface area contributed by atoms with Crippen molar-refractivity contribution in [2.75, 3.05) is 13.1 Å². The van der Waals surface area contributed by atoms with Crippen molar-refractivity contribution >= 4 is 5.70 Å². The molecule has 1 nitrogen and oxygen atoms in total. The molecule has 1 aliphatic carbocycles. The first-order valence-corrected chi connectivity index (χ1v) is 14.3. The number of rotatable bonds is 7. The molecule has 1 saturated heterocycles. The molecule has 2 fully saturated rings. The minimum atomic E-state index is 0.316. The van der Waals surface area contributed by atoms with E-state index >= 15 is 0 Å². The van der Waals surface area contributed by atoms with Gasteiger partial charge in [-0.3, -0.25) is 0 Å². The summed E-state index contributed by atoms with van der Waals surface area (Å²) in [5, 5.41) is 0. The van der Waals surface area contributed by atoms with E-state index in [1.807, 2.05) is 0 Å². The van der Waals surface area contributed by atoms with E-state index in [1.54, 1.807) is 5.56 Å². The van der Waals surface area contributed by atoms with Crippen LogP contribution in [0, 0.1) is 16.7 Å². The van der Waals surface area contributed by atoms with E-state index in [0.29, 0.717) is 10.8 Å². The van der Waals surface area contributed by atoms with Crippen LogP contribution in [0.5, 0.6) is 0 Å². The lowest BCUT2D eigenvalue weighted by Crippen LogP contribution is -2.43. The zero-order valence-corrected chi connectivity index (χ0v) is 23.2. The fourth-order valence-corrected chi connectivity index (χ4v) is 7.11. The third kappa shape index (κ3) is 6.41. The topological polar surface area (TPSA) is 3.24 Å². The second kappa shape index (κ2) is 10.9. The Labute approximate surface area is 216 Å². The lowest BCUT2D eigenvalue weighted by molar-refractivity contribution is 0.0510. The molecule has 0 N–H and O–H groups in total. The number of nitrogens with zero attached hydrogens (tertiary/aromatic N) is 1. The van der Waals surface area contributed by atoms with Crippen LogP contribution in [0.15, 0.2) is 55.1 Å². The average molecular weight is 472 g/mol. The Kier molecular flexibility index (Phi) is 8.14. The van der Waals surface area contributed by atoms with Crippen molar-refractivity contribution in [1.82, 2.24) is 4.90 Å². The Hall–Kier alpha value is -2.02. The molecule has 1 heteroatoms. The molecule has 35 heavy (non-hydrogen) atoms. The Morgan fingerprint density at radius 1 is 0.971 bits per heavy atom. The van der Waals surface area contributed by atoms with Gasteiger partial charge in [0.05, 0.1) is 0 Å². The fraction of sp³-hybridized carbons (Fsp3) is 0.588. The van der Waals surface area contributed by atoms with Crippen molar-refractivity contribution in [3.8, 4) is 0 Å². The molecule has 2 unspecified atom stereocenters. The lowest BCUT2D eigenvalue weighted by Gasteiger charge is -2.50. The van der Waals surface area contributed by atoms with Crippen LogP contribution in [0.2, 0.25) is 0 Å². The van der Waals surface area contributed by atoms with Crippen molar-refractivity contribution in [1.29, 1.82) is 0 Å². The minimum absolute atomic E-state index is 0.316. The summed E-state index contributed by atoms with van der Waals surface area (Å²) in [6.45, 7) is 18.6. The smallest absolute Gasteiger partial charge is 0.0366 e. The fourth-order valence-electron chi connectivity index (χ4n) is 7.11. The summed E-state index contributed by atoms with van der Waals surface area (Å²) >= 11 is 0. The molecule has 1 spiro atoms. The van der Waals surface area contributed by atoms with Crippen molar-refractivity contribution in [2.24, 2.45) is 16.7 Å². The van der Waals surface area contributed by atoms with Crippen LogP contribution >= 0.6 is 0 Å². The minimum Gasteiger partial charge on any atom is -0.371 e. The average Bonchev–Trinajstić information content (AvgIpc) is 2.84. The van der Waals surface area contributed by atoms with E-state index in [0.717, 1.165) is 37.8 Å². The van der Waals surface area contributed by atoms with Crippen LogP contribution in [0.25, 0.3) is 5.70 Å². The Morgan fingerprint density at radius 2 is 1.69 bits per heavy atom. The molecule has 0 amide bonds. The first kappa shape index (κ1) is 26.1. The monoisotopic (exact) mass is 471 g/mol. The number of hydrogen-bond donors (Lipinski definition) is 0. The molecule has 0 bridgehead atoms. The van der Waals surface area contributed by atoms with E-state index in [4.69, 9.17) is 0 Å². The summed E-state index contributed by atoms with van der Waals surface area (Å²) in [6, 6.07) is 18.5. The lowest BCUT2D eigenvalue weighted by atomic mass is 9.59. The van der Waals surface area contributed by atoms with Crippen molar-refractivity contribution in [3.05, 3.63) is 77.4 Å². The van der Waals surface area contributed by atoms with Crippen LogP contribution in [-0.4, -0.2) is 18.0 Å². The Balaban J connectivity index is 1.45. The molecule has 1 saturated carbocycles. The number of benzene rings is 2. The number of piperidine rings is 1. The third-order valence-corrected chi connectivity index (χ3v) is 8.83. The highest BCUT2D eigenvalue weighted by atomic mass is 15.1. The summed E-state index contributed by atoms with van der Waals surface area (Å²) in [7, 11) is 0. The summed E-state index contributed by atoms with van der Waals surface area (Å²) in [6.07, 6.45) is 11.8. The summed E-state index contributed by atoms with van der Waals surface area (Å²) in [5.41, 5.74) is 7.96.